The van der Waals surface area contributed by atoms with E-state index in [0.29, 0.717) is 11.6 Å². The van der Waals surface area contributed by atoms with Gasteiger partial charge in [0.2, 0.25) is 5.91 Å². The molecule has 1 unspecified atom stereocenters. The number of pyridine rings is 1. The fraction of sp³-hybridized carbons (Fsp3) is 0.375. The highest BCUT2D eigenvalue weighted by Crippen LogP contribution is 2.30. The lowest BCUT2D eigenvalue weighted by molar-refractivity contribution is -0.129. The Bertz CT molecular complexity index is 673. The van der Waals surface area contributed by atoms with Gasteiger partial charge >= 0.3 is 0 Å². The van der Waals surface area contributed by atoms with Crippen molar-refractivity contribution in [1.82, 2.24) is 19.9 Å². The molecule has 2 aromatic heterocycles. The van der Waals surface area contributed by atoms with Crippen LogP contribution in [0.3, 0.4) is 0 Å². The van der Waals surface area contributed by atoms with Gasteiger partial charge in [-0.15, -0.1) is 0 Å². The number of carbonyl (C=O) groups is 1. The third-order valence-corrected chi connectivity index (χ3v) is 3.75. The molecule has 1 saturated heterocycles. The standard InChI is InChI=1S/C16H19N5O/c1-11-10-15(19-14-7-3-4-8-17-14)20-16(18-11)13-6-5-9-21(13)12(2)22/h3-4,7-8,10,13H,5-6,9H2,1-2H3,(H,17,18,19,20). The maximum atomic E-state index is 11.7. The van der Waals surface area contributed by atoms with E-state index in [4.69, 9.17) is 0 Å². The molecule has 1 fully saturated rings. The number of likely N-dealkylation sites (tertiary alicyclic amines) is 1. The average molecular weight is 297 g/mol. The second kappa shape index (κ2) is 6.09. The first kappa shape index (κ1) is 14.4. The number of rotatable bonds is 3. The Morgan fingerprint density at radius 1 is 1.32 bits per heavy atom. The van der Waals surface area contributed by atoms with E-state index in [1.807, 2.05) is 36.1 Å². The van der Waals surface area contributed by atoms with E-state index in [1.165, 1.54) is 0 Å². The van der Waals surface area contributed by atoms with Crippen molar-refractivity contribution < 1.29 is 4.79 Å². The normalized spacial score (nSPS) is 17.5. The Hall–Kier alpha value is -2.50. The summed E-state index contributed by atoms with van der Waals surface area (Å²) in [7, 11) is 0. The van der Waals surface area contributed by atoms with Crippen molar-refractivity contribution in [3.63, 3.8) is 0 Å². The van der Waals surface area contributed by atoms with Gasteiger partial charge in [0, 0.05) is 31.4 Å². The summed E-state index contributed by atoms with van der Waals surface area (Å²) in [6, 6.07) is 7.52. The monoisotopic (exact) mass is 297 g/mol. The van der Waals surface area contributed by atoms with Crippen molar-refractivity contribution in [2.45, 2.75) is 32.7 Å². The molecule has 1 amide bonds. The fourth-order valence-corrected chi connectivity index (χ4v) is 2.78. The number of nitrogens with one attached hydrogen (secondary N) is 1. The molecule has 1 atom stereocenters. The number of nitrogens with zero attached hydrogens (tertiary/aromatic N) is 4. The molecule has 1 N–H and O–H groups in total. The van der Waals surface area contributed by atoms with E-state index < -0.39 is 0 Å². The third-order valence-electron chi connectivity index (χ3n) is 3.75. The molecule has 1 aliphatic heterocycles. The zero-order valence-electron chi connectivity index (χ0n) is 12.8. The number of hydrogen-bond donors (Lipinski definition) is 1. The Morgan fingerprint density at radius 2 is 2.18 bits per heavy atom. The lowest BCUT2D eigenvalue weighted by Crippen LogP contribution is -2.29. The van der Waals surface area contributed by atoms with Gasteiger partial charge in [-0.2, -0.15) is 0 Å². The van der Waals surface area contributed by atoms with E-state index in [2.05, 4.69) is 20.3 Å². The first-order valence-electron chi connectivity index (χ1n) is 7.44. The molecule has 0 spiro atoms. The SMILES string of the molecule is CC(=O)N1CCCC1c1nc(C)cc(Nc2ccccn2)n1. The van der Waals surface area contributed by atoms with Gasteiger partial charge in [0.1, 0.15) is 11.6 Å². The minimum absolute atomic E-state index is 0.0262. The molecule has 6 heteroatoms. The summed E-state index contributed by atoms with van der Waals surface area (Å²) >= 11 is 0. The summed E-state index contributed by atoms with van der Waals surface area (Å²) in [6.45, 7) is 4.31. The van der Waals surface area contributed by atoms with E-state index >= 15 is 0 Å². The largest absolute Gasteiger partial charge is 0.333 e. The Morgan fingerprint density at radius 3 is 2.91 bits per heavy atom. The van der Waals surface area contributed by atoms with Gasteiger partial charge in [-0.05, 0) is 31.9 Å². The number of carbonyl (C=O) groups excluding carboxylic acids is 1. The van der Waals surface area contributed by atoms with Gasteiger partial charge in [0.05, 0.1) is 6.04 Å². The van der Waals surface area contributed by atoms with Crippen LogP contribution >= 0.6 is 0 Å². The fourth-order valence-electron chi connectivity index (χ4n) is 2.78. The van der Waals surface area contributed by atoms with Gasteiger partial charge in [-0.3, -0.25) is 4.79 Å². The molecule has 3 heterocycles. The first-order valence-corrected chi connectivity index (χ1v) is 7.44. The Balaban J connectivity index is 1.88. The lowest BCUT2D eigenvalue weighted by atomic mass is 10.2. The van der Waals surface area contributed by atoms with Crippen LogP contribution in [0, 0.1) is 6.92 Å². The van der Waals surface area contributed by atoms with Crippen LogP contribution in [0.5, 0.6) is 0 Å². The topological polar surface area (TPSA) is 71.0 Å². The van der Waals surface area contributed by atoms with Gasteiger partial charge < -0.3 is 10.2 Å². The van der Waals surface area contributed by atoms with Crippen LogP contribution in [0.25, 0.3) is 0 Å². The van der Waals surface area contributed by atoms with Crippen molar-refractivity contribution in [2.75, 3.05) is 11.9 Å². The summed E-state index contributed by atoms with van der Waals surface area (Å²) in [5.41, 5.74) is 0.874. The number of aromatic nitrogens is 3. The van der Waals surface area contributed by atoms with Crippen molar-refractivity contribution in [2.24, 2.45) is 0 Å². The number of hydrogen-bond acceptors (Lipinski definition) is 5. The van der Waals surface area contributed by atoms with Crippen LogP contribution < -0.4 is 5.32 Å². The van der Waals surface area contributed by atoms with Crippen molar-refractivity contribution >= 4 is 17.5 Å². The van der Waals surface area contributed by atoms with Crippen LogP contribution in [0.1, 0.15) is 37.3 Å². The first-order chi connectivity index (χ1) is 10.6. The third kappa shape index (κ3) is 3.05. The summed E-state index contributed by atoms with van der Waals surface area (Å²) in [5, 5.41) is 3.19. The predicted octanol–water partition coefficient (Wildman–Crippen LogP) is 2.61. The van der Waals surface area contributed by atoms with Crippen molar-refractivity contribution in [3.05, 3.63) is 42.0 Å². The van der Waals surface area contributed by atoms with Gasteiger partial charge in [0.15, 0.2) is 5.82 Å². The smallest absolute Gasteiger partial charge is 0.220 e. The van der Waals surface area contributed by atoms with E-state index in [9.17, 15) is 4.79 Å². The van der Waals surface area contributed by atoms with E-state index in [-0.39, 0.29) is 11.9 Å². The second-order valence-electron chi connectivity index (χ2n) is 5.46. The molecule has 3 rings (SSSR count). The van der Waals surface area contributed by atoms with Crippen LogP contribution in [-0.4, -0.2) is 32.3 Å². The molecule has 0 radical (unpaired) electrons. The summed E-state index contributed by atoms with van der Waals surface area (Å²) in [6.07, 6.45) is 3.63. The van der Waals surface area contributed by atoms with Gasteiger partial charge in [-0.1, -0.05) is 6.07 Å². The van der Waals surface area contributed by atoms with Crippen molar-refractivity contribution in [1.29, 1.82) is 0 Å². The summed E-state index contributed by atoms with van der Waals surface area (Å²) < 4.78 is 0. The number of anilines is 2. The molecule has 1 aliphatic rings. The highest BCUT2D eigenvalue weighted by atomic mass is 16.2. The quantitative estimate of drug-likeness (QED) is 0.943. The lowest BCUT2D eigenvalue weighted by Gasteiger charge is -2.22. The van der Waals surface area contributed by atoms with Gasteiger partial charge in [-0.25, -0.2) is 15.0 Å². The van der Waals surface area contributed by atoms with Crippen LogP contribution in [0.15, 0.2) is 30.5 Å². The molecular weight excluding hydrogens is 278 g/mol. The molecule has 6 nitrogen and oxygen atoms in total. The van der Waals surface area contributed by atoms with E-state index in [1.54, 1.807) is 13.1 Å². The molecule has 0 aromatic carbocycles. The average Bonchev–Trinajstić information content (AvgIpc) is 2.97. The number of aryl methyl sites for hydroxylation is 1. The minimum Gasteiger partial charge on any atom is -0.333 e. The molecule has 22 heavy (non-hydrogen) atoms. The van der Waals surface area contributed by atoms with Crippen molar-refractivity contribution in [3.8, 4) is 0 Å². The summed E-state index contributed by atoms with van der Waals surface area (Å²) in [4.78, 5) is 26.9. The molecule has 114 valence electrons. The Kier molecular flexibility index (Phi) is 4.00. The Labute approximate surface area is 129 Å². The van der Waals surface area contributed by atoms with Crippen LogP contribution in [0.4, 0.5) is 11.6 Å². The minimum atomic E-state index is -0.0262. The van der Waals surface area contributed by atoms with Gasteiger partial charge in [0.25, 0.3) is 0 Å². The maximum absolute atomic E-state index is 11.7. The highest BCUT2D eigenvalue weighted by Gasteiger charge is 2.30. The molecule has 0 aliphatic carbocycles. The molecular formula is C16H19N5O. The van der Waals surface area contributed by atoms with E-state index in [0.717, 1.165) is 30.9 Å². The highest BCUT2D eigenvalue weighted by molar-refractivity contribution is 5.74. The number of amides is 1. The zero-order chi connectivity index (χ0) is 15.5. The molecule has 2 aromatic rings. The van der Waals surface area contributed by atoms with Crippen LogP contribution in [0.2, 0.25) is 0 Å². The molecule has 0 bridgehead atoms. The zero-order valence-corrected chi connectivity index (χ0v) is 12.8. The maximum Gasteiger partial charge on any atom is 0.220 e. The van der Waals surface area contributed by atoms with Crippen LogP contribution in [-0.2, 0) is 4.79 Å². The summed E-state index contributed by atoms with van der Waals surface area (Å²) in [5.74, 6) is 2.22. The second-order valence-corrected chi connectivity index (χ2v) is 5.46. The predicted molar refractivity (Wildman–Crippen MR) is 83.7 cm³/mol. The molecule has 0 saturated carbocycles.